The highest BCUT2D eigenvalue weighted by Gasteiger charge is 2.18. The Morgan fingerprint density at radius 1 is 1.00 bits per heavy atom. The molecule has 1 amide bonds. The summed E-state index contributed by atoms with van der Waals surface area (Å²) in [6.07, 6.45) is 1.41. The number of hydrogen-bond acceptors (Lipinski definition) is 6. The molecule has 2 heterocycles. The van der Waals surface area contributed by atoms with Gasteiger partial charge in [0.2, 0.25) is 0 Å². The minimum Gasteiger partial charge on any atom is -0.493 e. The van der Waals surface area contributed by atoms with Gasteiger partial charge in [-0.2, -0.15) is 5.10 Å². The van der Waals surface area contributed by atoms with E-state index in [-0.39, 0.29) is 29.8 Å². The van der Waals surface area contributed by atoms with Crippen LogP contribution in [0.5, 0.6) is 17.2 Å². The van der Waals surface area contributed by atoms with Crippen LogP contribution in [0.25, 0.3) is 5.69 Å². The monoisotopic (exact) mass is 679 g/mol. The van der Waals surface area contributed by atoms with Crippen molar-refractivity contribution in [3.8, 4) is 22.9 Å². The van der Waals surface area contributed by atoms with Crippen molar-refractivity contribution in [2.75, 3.05) is 7.11 Å². The zero-order valence-corrected chi connectivity index (χ0v) is 26.4. The van der Waals surface area contributed by atoms with E-state index in [1.807, 2.05) is 24.3 Å². The summed E-state index contributed by atoms with van der Waals surface area (Å²) in [6.45, 7) is 4.43. The Morgan fingerprint density at radius 3 is 2.39 bits per heavy atom. The van der Waals surface area contributed by atoms with Gasteiger partial charge in [-0.05, 0) is 102 Å². The molecule has 5 aromatic rings. The number of nitrogens with zero attached hydrogens (tertiary/aromatic N) is 2. The molecule has 1 N–H and O–H groups in total. The predicted octanol–water partition coefficient (Wildman–Crippen LogP) is 8.17. The molecule has 44 heavy (non-hydrogen) atoms. The summed E-state index contributed by atoms with van der Waals surface area (Å²) in [5.74, 6) is 1.02. The van der Waals surface area contributed by atoms with E-state index in [0.717, 1.165) is 22.6 Å². The van der Waals surface area contributed by atoms with Crippen LogP contribution in [-0.4, -0.2) is 23.8 Å². The van der Waals surface area contributed by atoms with Gasteiger partial charge >= 0.3 is 5.91 Å². The van der Waals surface area contributed by atoms with E-state index in [1.165, 1.54) is 25.5 Å². The van der Waals surface area contributed by atoms with Gasteiger partial charge in [-0.25, -0.2) is 9.82 Å². The molecule has 11 heteroatoms. The van der Waals surface area contributed by atoms with Crippen LogP contribution < -0.4 is 19.6 Å². The maximum absolute atomic E-state index is 13.2. The topological polar surface area (TPSA) is 87.2 Å². The first-order valence-electron chi connectivity index (χ1n) is 13.5. The first kappa shape index (κ1) is 30.9. The summed E-state index contributed by atoms with van der Waals surface area (Å²) in [6, 6.07) is 22.7. The number of amides is 1. The third kappa shape index (κ3) is 7.15. The zero-order chi connectivity index (χ0) is 31.2. The maximum Gasteiger partial charge on any atom is 0.307 e. The van der Waals surface area contributed by atoms with E-state index < -0.39 is 5.91 Å². The number of ether oxygens (including phenoxy) is 3. The average Bonchev–Trinajstić information content (AvgIpc) is 3.64. The van der Waals surface area contributed by atoms with Gasteiger partial charge in [0.15, 0.2) is 17.3 Å². The lowest BCUT2D eigenvalue weighted by Crippen LogP contribution is -2.16. The van der Waals surface area contributed by atoms with Crippen molar-refractivity contribution < 1.29 is 27.8 Å². The molecule has 0 unspecified atom stereocenters. The standard InChI is InChI=1S/C33H28BrClFN3O5/c1-20-4-5-21(2)39(20)25-10-12-26(13-11-25)42-19-27-14-15-28(44-27)33(40)38-37-17-23-16-29(41-3)32(31(35)30(23)34)43-18-22-6-8-24(36)9-7-22/h4-17H,18-19H2,1-3H3,(H,38,40)/b37-17+. The number of carbonyl (C=O) groups is 1. The van der Waals surface area contributed by atoms with Crippen LogP contribution in [-0.2, 0) is 13.2 Å². The third-order valence-corrected chi connectivity index (χ3v) is 8.12. The molecule has 0 aliphatic carbocycles. The van der Waals surface area contributed by atoms with Crippen LogP contribution in [0.4, 0.5) is 4.39 Å². The molecule has 0 aliphatic heterocycles. The normalized spacial score (nSPS) is 11.1. The van der Waals surface area contributed by atoms with Gasteiger partial charge in [0.05, 0.1) is 13.3 Å². The number of halogens is 3. The van der Waals surface area contributed by atoms with E-state index in [2.05, 4.69) is 57.0 Å². The van der Waals surface area contributed by atoms with E-state index in [9.17, 15) is 9.18 Å². The minimum atomic E-state index is -0.539. The van der Waals surface area contributed by atoms with E-state index in [0.29, 0.717) is 33.0 Å². The van der Waals surface area contributed by atoms with E-state index in [4.69, 9.17) is 30.2 Å². The molecule has 8 nitrogen and oxygen atoms in total. The van der Waals surface area contributed by atoms with Crippen molar-refractivity contribution in [1.29, 1.82) is 0 Å². The van der Waals surface area contributed by atoms with Gasteiger partial charge in [-0.15, -0.1) is 0 Å². The minimum absolute atomic E-state index is 0.0777. The Hall–Kier alpha value is -4.54. The van der Waals surface area contributed by atoms with Crippen molar-refractivity contribution >= 4 is 39.7 Å². The fraction of sp³-hybridized carbons (Fsp3) is 0.152. The van der Waals surface area contributed by atoms with Crippen LogP contribution in [0, 0.1) is 19.7 Å². The van der Waals surface area contributed by atoms with Gasteiger partial charge in [0.1, 0.15) is 35.6 Å². The quantitative estimate of drug-likeness (QED) is 0.112. The molecule has 5 rings (SSSR count). The summed E-state index contributed by atoms with van der Waals surface area (Å²) in [5.41, 5.74) is 7.09. The maximum atomic E-state index is 13.2. The Balaban J connectivity index is 1.17. The lowest BCUT2D eigenvalue weighted by Gasteiger charge is -2.15. The van der Waals surface area contributed by atoms with Crippen LogP contribution in [0.3, 0.4) is 0 Å². The number of benzene rings is 3. The summed E-state index contributed by atoms with van der Waals surface area (Å²) in [7, 11) is 1.48. The molecular formula is C33H28BrClFN3O5. The molecule has 0 radical (unpaired) electrons. The number of hydrazone groups is 1. The molecule has 0 aliphatic rings. The van der Waals surface area contributed by atoms with Gasteiger partial charge in [-0.1, -0.05) is 23.7 Å². The Bertz CT molecular complexity index is 1780. The van der Waals surface area contributed by atoms with Crippen molar-refractivity contribution in [1.82, 2.24) is 9.99 Å². The smallest absolute Gasteiger partial charge is 0.307 e. The Morgan fingerprint density at radius 2 is 1.70 bits per heavy atom. The molecule has 0 spiro atoms. The number of aryl methyl sites for hydroxylation is 2. The Labute approximate surface area is 267 Å². The highest BCUT2D eigenvalue weighted by Crippen LogP contribution is 2.42. The molecular weight excluding hydrogens is 653 g/mol. The van der Waals surface area contributed by atoms with Crippen LogP contribution in [0.1, 0.15) is 38.8 Å². The highest BCUT2D eigenvalue weighted by molar-refractivity contribution is 9.10. The molecule has 2 aromatic heterocycles. The zero-order valence-electron chi connectivity index (χ0n) is 24.1. The third-order valence-electron chi connectivity index (χ3n) is 6.67. The second-order valence-corrected chi connectivity index (χ2v) is 10.9. The highest BCUT2D eigenvalue weighted by atomic mass is 79.9. The van der Waals surface area contributed by atoms with Crippen molar-refractivity contribution in [3.63, 3.8) is 0 Å². The van der Waals surface area contributed by atoms with Crippen LogP contribution in [0.15, 0.2) is 92.9 Å². The van der Waals surface area contributed by atoms with Crippen molar-refractivity contribution in [2.45, 2.75) is 27.1 Å². The predicted molar refractivity (Wildman–Crippen MR) is 170 cm³/mol. The van der Waals surface area contributed by atoms with Gasteiger partial charge in [-0.3, -0.25) is 4.79 Å². The fourth-order valence-corrected chi connectivity index (χ4v) is 5.09. The number of aromatic nitrogens is 1. The van der Waals surface area contributed by atoms with Gasteiger partial charge in [0, 0.05) is 27.1 Å². The molecule has 0 fully saturated rings. The average molecular weight is 681 g/mol. The number of nitrogens with one attached hydrogen (secondary N) is 1. The number of carbonyl (C=O) groups excluding carboxylic acids is 1. The Kier molecular flexibility index (Phi) is 9.72. The number of furan rings is 1. The van der Waals surface area contributed by atoms with E-state index >= 15 is 0 Å². The van der Waals surface area contributed by atoms with E-state index in [1.54, 1.807) is 30.3 Å². The molecule has 0 bridgehead atoms. The molecule has 226 valence electrons. The molecule has 0 saturated carbocycles. The number of methoxy groups -OCH3 is 1. The first-order chi connectivity index (χ1) is 21.2. The summed E-state index contributed by atoms with van der Waals surface area (Å²) >= 11 is 9.99. The van der Waals surface area contributed by atoms with Gasteiger partial charge < -0.3 is 23.2 Å². The largest absolute Gasteiger partial charge is 0.493 e. The lowest BCUT2D eigenvalue weighted by atomic mass is 10.2. The molecule has 0 atom stereocenters. The van der Waals surface area contributed by atoms with Crippen LogP contribution in [0.2, 0.25) is 5.02 Å². The fourth-order valence-electron chi connectivity index (χ4n) is 4.44. The first-order valence-corrected chi connectivity index (χ1v) is 14.6. The second-order valence-electron chi connectivity index (χ2n) is 9.74. The summed E-state index contributed by atoms with van der Waals surface area (Å²) in [5, 5.41) is 4.28. The molecule has 0 saturated heterocycles. The number of rotatable bonds is 11. The lowest BCUT2D eigenvalue weighted by molar-refractivity contribution is 0.0923. The summed E-state index contributed by atoms with van der Waals surface area (Å²) < 4.78 is 38.6. The SMILES string of the molecule is COc1cc(/C=N/NC(=O)c2ccc(COc3ccc(-n4c(C)ccc4C)cc3)o2)c(Br)c(Cl)c1OCc1ccc(F)cc1. The number of hydrogen-bond donors (Lipinski definition) is 1. The van der Waals surface area contributed by atoms with Crippen LogP contribution >= 0.6 is 27.5 Å². The summed E-state index contributed by atoms with van der Waals surface area (Å²) in [4.78, 5) is 12.6. The molecule has 3 aromatic carbocycles. The van der Waals surface area contributed by atoms with Crippen molar-refractivity contribution in [3.05, 3.63) is 128 Å². The second kappa shape index (κ2) is 13.8. The van der Waals surface area contributed by atoms with Gasteiger partial charge in [0.25, 0.3) is 0 Å². The van der Waals surface area contributed by atoms with Crippen molar-refractivity contribution in [2.24, 2.45) is 5.10 Å².